The second-order valence-corrected chi connectivity index (χ2v) is 8.38. The molecule has 0 aliphatic rings. The number of nitrogens with one attached hydrogen (secondary N) is 3. The summed E-state index contributed by atoms with van der Waals surface area (Å²) in [5, 5.41) is 3.88. The van der Waals surface area contributed by atoms with Crippen LogP contribution in [0.2, 0.25) is 0 Å². The summed E-state index contributed by atoms with van der Waals surface area (Å²) >= 11 is 0. The van der Waals surface area contributed by atoms with Crippen molar-refractivity contribution in [1.82, 2.24) is 15.8 Å². The first-order chi connectivity index (χ1) is 14.6. The average molecular weight is 449 g/mol. The molecule has 0 saturated carbocycles. The van der Waals surface area contributed by atoms with E-state index in [4.69, 9.17) is 5.73 Å². The maximum absolute atomic E-state index is 12.1. The van der Waals surface area contributed by atoms with E-state index in [1.807, 2.05) is 13.8 Å². The number of hydrazone groups is 1. The highest BCUT2D eigenvalue weighted by Crippen LogP contribution is 2.13. The molecule has 11 nitrogen and oxygen atoms in total. The highest BCUT2D eigenvalue weighted by Gasteiger charge is 2.16. The normalized spacial score (nSPS) is 12.5. The van der Waals surface area contributed by atoms with Gasteiger partial charge in [-0.25, -0.2) is 4.98 Å². The summed E-state index contributed by atoms with van der Waals surface area (Å²) in [7, 11) is -4.38. The summed E-state index contributed by atoms with van der Waals surface area (Å²) in [6, 6.07) is 7.97. The van der Waals surface area contributed by atoms with Gasteiger partial charge in [-0.2, -0.15) is 13.5 Å². The molecule has 1 heterocycles. The third-order valence-electron chi connectivity index (χ3n) is 3.97. The minimum atomic E-state index is -4.38. The van der Waals surface area contributed by atoms with Gasteiger partial charge in [0.1, 0.15) is 10.7 Å². The standard InChI is InChI=1S/C19H24N6O5S/c1-12(2)9-15(20)19(27)25-24-18(26)14-7-8-17(21-10-14)23-22-11-13-5-3-4-6-16(13)31(28,29)30/h3-8,10-12,15H,9,20H2,1-2H3,(H,21,23)(H,24,26)(H,25,27)(H,28,29,30)/b22-11+/t15-/m0/s1. The third kappa shape index (κ3) is 7.44. The zero-order valence-electron chi connectivity index (χ0n) is 16.9. The van der Waals surface area contributed by atoms with E-state index in [2.05, 4.69) is 26.4 Å². The molecule has 0 saturated heterocycles. The Labute approximate surface area is 179 Å². The minimum absolute atomic E-state index is 0.180. The number of hydrogen-bond acceptors (Lipinski definition) is 8. The lowest BCUT2D eigenvalue weighted by Crippen LogP contribution is -2.49. The summed E-state index contributed by atoms with van der Waals surface area (Å²) in [5.41, 5.74) is 13.2. The number of hydrogen-bond donors (Lipinski definition) is 5. The van der Waals surface area contributed by atoms with Gasteiger partial charge < -0.3 is 5.73 Å². The van der Waals surface area contributed by atoms with Crippen LogP contribution in [0.25, 0.3) is 0 Å². The molecule has 2 rings (SSSR count). The Balaban J connectivity index is 1.93. The molecule has 0 aliphatic heterocycles. The number of nitrogens with zero attached hydrogens (tertiary/aromatic N) is 2. The van der Waals surface area contributed by atoms with Crippen LogP contribution in [0.3, 0.4) is 0 Å². The van der Waals surface area contributed by atoms with Crippen LogP contribution in [-0.4, -0.2) is 42.0 Å². The Kier molecular flexibility index (Phi) is 8.19. The van der Waals surface area contributed by atoms with Crippen LogP contribution in [0.1, 0.15) is 36.2 Å². The van der Waals surface area contributed by atoms with Crippen LogP contribution >= 0.6 is 0 Å². The first kappa shape index (κ1) is 23.9. The fraction of sp³-hybridized carbons (Fsp3) is 0.263. The summed E-state index contributed by atoms with van der Waals surface area (Å²) in [4.78, 5) is 27.7. The van der Waals surface area contributed by atoms with Gasteiger partial charge in [0.2, 0.25) is 0 Å². The van der Waals surface area contributed by atoms with E-state index in [0.717, 1.165) is 0 Å². The lowest BCUT2D eigenvalue weighted by molar-refractivity contribution is -0.123. The van der Waals surface area contributed by atoms with E-state index in [1.165, 1.54) is 42.7 Å². The quantitative estimate of drug-likeness (QED) is 0.225. The molecule has 0 bridgehead atoms. The molecule has 0 radical (unpaired) electrons. The predicted octanol–water partition coefficient (Wildman–Crippen LogP) is 0.909. The molecule has 0 unspecified atom stereocenters. The van der Waals surface area contributed by atoms with Crippen LogP contribution in [0.15, 0.2) is 52.6 Å². The number of amides is 2. The minimum Gasteiger partial charge on any atom is -0.320 e. The van der Waals surface area contributed by atoms with Crippen molar-refractivity contribution in [3.8, 4) is 0 Å². The summed E-state index contributed by atoms with van der Waals surface area (Å²) < 4.78 is 31.9. The molecule has 0 spiro atoms. The second-order valence-electron chi connectivity index (χ2n) is 6.99. The summed E-state index contributed by atoms with van der Waals surface area (Å²) in [6.07, 6.45) is 2.96. The number of aromatic nitrogens is 1. The SMILES string of the molecule is CC(C)C[C@H](N)C(=O)NNC(=O)c1ccc(N/N=C/c2ccccc2S(=O)(=O)O)nc1. The zero-order chi connectivity index (χ0) is 23.0. The molecule has 1 atom stereocenters. The van der Waals surface area contributed by atoms with Crippen molar-refractivity contribution < 1.29 is 22.6 Å². The van der Waals surface area contributed by atoms with Crippen molar-refractivity contribution in [2.24, 2.45) is 16.8 Å². The van der Waals surface area contributed by atoms with Gasteiger partial charge in [-0.15, -0.1) is 0 Å². The lowest BCUT2D eigenvalue weighted by Gasteiger charge is -2.14. The number of carbonyl (C=O) groups is 2. The molecule has 0 aliphatic carbocycles. The molecule has 2 aromatic rings. The van der Waals surface area contributed by atoms with Crippen LogP contribution in [-0.2, 0) is 14.9 Å². The predicted molar refractivity (Wildman–Crippen MR) is 115 cm³/mol. The molecule has 6 N–H and O–H groups in total. The number of anilines is 1. The molecule has 1 aromatic heterocycles. The molecule has 1 aromatic carbocycles. The third-order valence-corrected chi connectivity index (χ3v) is 4.89. The summed E-state index contributed by atoms with van der Waals surface area (Å²) in [5.74, 6) is -0.549. The number of hydrazine groups is 1. The van der Waals surface area contributed by atoms with Gasteiger partial charge >= 0.3 is 0 Å². The molecular formula is C19H24N6O5S. The Morgan fingerprint density at radius 3 is 2.52 bits per heavy atom. The molecule has 166 valence electrons. The first-order valence-corrected chi connectivity index (χ1v) is 10.7. The van der Waals surface area contributed by atoms with Gasteiger partial charge in [0.05, 0.1) is 17.8 Å². The van der Waals surface area contributed by atoms with Gasteiger partial charge in [0.15, 0.2) is 0 Å². The Morgan fingerprint density at radius 1 is 1.19 bits per heavy atom. The van der Waals surface area contributed by atoms with E-state index < -0.39 is 28.0 Å². The Bertz CT molecular complexity index is 1050. The Hall–Kier alpha value is -3.35. The maximum Gasteiger partial charge on any atom is 0.295 e. The van der Waals surface area contributed by atoms with Crippen molar-refractivity contribution >= 4 is 34.0 Å². The highest BCUT2D eigenvalue weighted by molar-refractivity contribution is 7.86. The summed E-state index contributed by atoms with van der Waals surface area (Å²) in [6.45, 7) is 3.87. The smallest absolute Gasteiger partial charge is 0.295 e. The van der Waals surface area contributed by atoms with E-state index in [-0.39, 0.29) is 27.8 Å². The van der Waals surface area contributed by atoms with E-state index in [1.54, 1.807) is 6.07 Å². The van der Waals surface area contributed by atoms with Gasteiger partial charge in [-0.1, -0.05) is 32.0 Å². The highest BCUT2D eigenvalue weighted by atomic mass is 32.2. The number of rotatable bonds is 8. The molecule has 2 amide bonds. The molecule has 0 fully saturated rings. The average Bonchev–Trinajstić information content (AvgIpc) is 2.71. The number of nitrogens with two attached hydrogens (primary N) is 1. The lowest BCUT2D eigenvalue weighted by atomic mass is 10.0. The van der Waals surface area contributed by atoms with Crippen molar-refractivity contribution in [2.45, 2.75) is 31.2 Å². The largest absolute Gasteiger partial charge is 0.320 e. The van der Waals surface area contributed by atoms with Crippen LogP contribution in [0.5, 0.6) is 0 Å². The fourth-order valence-electron chi connectivity index (χ4n) is 2.48. The van der Waals surface area contributed by atoms with Gasteiger partial charge in [0, 0.05) is 11.8 Å². The zero-order valence-corrected chi connectivity index (χ0v) is 17.8. The van der Waals surface area contributed by atoms with Crippen LogP contribution in [0, 0.1) is 5.92 Å². The van der Waals surface area contributed by atoms with E-state index in [0.29, 0.717) is 6.42 Å². The maximum atomic E-state index is 12.1. The van der Waals surface area contributed by atoms with Crippen LogP contribution in [0.4, 0.5) is 5.82 Å². The molecular weight excluding hydrogens is 424 g/mol. The number of benzene rings is 1. The molecule has 31 heavy (non-hydrogen) atoms. The van der Waals surface area contributed by atoms with E-state index in [9.17, 15) is 22.6 Å². The monoisotopic (exact) mass is 448 g/mol. The van der Waals surface area contributed by atoms with Crippen molar-refractivity contribution in [3.05, 3.63) is 53.7 Å². The van der Waals surface area contributed by atoms with Gasteiger partial charge in [0.25, 0.3) is 21.9 Å². The van der Waals surface area contributed by atoms with E-state index >= 15 is 0 Å². The number of pyridine rings is 1. The van der Waals surface area contributed by atoms with Gasteiger partial charge in [-0.05, 0) is 30.5 Å². The van der Waals surface area contributed by atoms with Crippen LogP contribution < -0.4 is 22.0 Å². The van der Waals surface area contributed by atoms with Crippen molar-refractivity contribution in [2.75, 3.05) is 5.43 Å². The first-order valence-electron chi connectivity index (χ1n) is 9.25. The Morgan fingerprint density at radius 2 is 1.90 bits per heavy atom. The van der Waals surface area contributed by atoms with Gasteiger partial charge in [-0.3, -0.25) is 30.4 Å². The topological polar surface area (TPSA) is 176 Å². The number of carbonyl (C=O) groups excluding carboxylic acids is 2. The van der Waals surface area contributed by atoms with Crippen molar-refractivity contribution in [3.63, 3.8) is 0 Å². The fourth-order valence-corrected chi connectivity index (χ4v) is 3.15. The van der Waals surface area contributed by atoms with Crippen molar-refractivity contribution in [1.29, 1.82) is 0 Å². The second kappa shape index (κ2) is 10.6. The molecule has 12 heteroatoms.